The van der Waals surface area contributed by atoms with Gasteiger partial charge in [-0.25, -0.2) is 0 Å². The van der Waals surface area contributed by atoms with E-state index >= 15 is 0 Å². The van der Waals surface area contributed by atoms with Crippen molar-refractivity contribution in [3.63, 3.8) is 0 Å². The summed E-state index contributed by atoms with van der Waals surface area (Å²) in [5.41, 5.74) is 0.679. The molecule has 0 heterocycles. The van der Waals surface area contributed by atoms with Crippen LogP contribution in [-0.4, -0.2) is 35.5 Å². The maximum absolute atomic E-state index is 12.1. The number of ether oxygens (including phenoxy) is 2. The minimum atomic E-state index is -0.123. The van der Waals surface area contributed by atoms with E-state index in [1.165, 1.54) is 42.3 Å². The zero-order chi connectivity index (χ0) is 28.7. The fourth-order valence-corrected chi connectivity index (χ4v) is 6.29. The van der Waals surface area contributed by atoms with Gasteiger partial charge in [-0.3, -0.25) is 9.59 Å². The van der Waals surface area contributed by atoms with Gasteiger partial charge in [0.25, 0.3) is 6.47 Å². The van der Waals surface area contributed by atoms with Gasteiger partial charge in [0, 0.05) is 17.9 Å². The van der Waals surface area contributed by atoms with E-state index in [2.05, 4.69) is 69.8 Å². The van der Waals surface area contributed by atoms with Gasteiger partial charge in [0.05, 0.1) is 0 Å². The van der Waals surface area contributed by atoms with E-state index in [1.807, 2.05) is 31.2 Å². The Kier molecular flexibility index (Phi) is 21.2. The Hall–Kier alpha value is -1.66. The summed E-state index contributed by atoms with van der Waals surface area (Å²) in [6.07, 6.45) is 13.1. The van der Waals surface area contributed by atoms with Gasteiger partial charge in [-0.1, -0.05) is 72.2 Å². The van der Waals surface area contributed by atoms with Crippen molar-refractivity contribution in [1.29, 1.82) is 0 Å². The Morgan fingerprint density at radius 1 is 0.868 bits per heavy atom. The number of esters is 1. The lowest BCUT2D eigenvalue weighted by Crippen LogP contribution is -2.16. The van der Waals surface area contributed by atoms with Gasteiger partial charge >= 0.3 is 5.97 Å². The molecular weight excluding hydrogens is 512 g/mol. The summed E-state index contributed by atoms with van der Waals surface area (Å²) in [7, 11) is 0. The van der Waals surface area contributed by atoms with Crippen LogP contribution in [0.15, 0.2) is 54.3 Å². The highest BCUT2D eigenvalue weighted by Crippen LogP contribution is 2.30. The molecule has 1 rings (SSSR count). The summed E-state index contributed by atoms with van der Waals surface area (Å²) in [4.78, 5) is 21.9. The van der Waals surface area contributed by atoms with Crippen LogP contribution in [0.2, 0.25) is 0 Å². The average Bonchev–Trinajstić information content (AvgIpc) is 2.88. The Bertz CT molecular complexity index is 801. The summed E-state index contributed by atoms with van der Waals surface area (Å²) in [5.74, 6) is 6.03. The lowest BCUT2D eigenvalue weighted by molar-refractivity contribution is -0.139. The van der Waals surface area contributed by atoms with E-state index in [9.17, 15) is 9.59 Å². The van der Waals surface area contributed by atoms with E-state index in [-0.39, 0.29) is 11.4 Å². The quantitative estimate of drug-likeness (QED) is 0.0548. The number of benzene rings is 1. The second-order valence-corrected chi connectivity index (χ2v) is 13.3. The number of para-hydroxylation sites is 1. The van der Waals surface area contributed by atoms with Crippen LogP contribution in [0, 0.1) is 10.8 Å². The van der Waals surface area contributed by atoms with Crippen molar-refractivity contribution < 1.29 is 19.1 Å². The Balaban J connectivity index is 0.00000127. The SMILES string of the molecule is C/C=C(\C=C/CC)OC(=O)CCC(C)(C)CCSCCSCCC(C)(C)CCC.O=COc1ccccc1. The van der Waals surface area contributed by atoms with E-state index < -0.39 is 0 Å². The summed E-state index contributed by atoms with van der Waals surface area (Å²) in [6.45, 7) is 16.0. The first-order chi connectivity index (χ1) is 18.1. The Morgan fingerprint density at radius 3 is 1.95 bits per heavy atom. The Morgan fingerprint density at radius 2 is 1.45 bits per heavy atom. The van der Waals surface area contributed by atoms with Crippen LogP contribution in [-0.2, 0) is 14.3 Å². The van der Waals surface area contributed by atoms with Gasteiger partial charge in [-0.05, 0) is 85.6 Å². The highest BCUT2D eigenvalue weighted by atomic mass is 32.2. The third-order valence-electron chi connectivity index (χ3n) is 6.11. The molecule has 0 amide bonds. The molecule has 216 valence electrons. The van der Waals surface area contributed by atoms with Gasteiger partial charge in [0.15, 0.2) is 0 Å². The standard InChI is InChI=1S/C25H46O2S2.C7H6O2/c1-8-11-12-22(10-3)27-23(26)13-15-25(6,7)17-19-29-21-20-28-18-16-24(4,5)14-9-2;8-6-9-7-4-2-1-3-5-7/h10-12H,8-9,13-21H2,1-7H3;1-6H/b12-11-,22-10+;. The van der Waals surface area contributed by atoms with Crippen molar-refractivity contribution in [2.24, 2.45) is 10.8 Å². The number of thioether (sulfide) groups is 2. The minimum absolute atomic E-state index is 0.123. The third-order valence-corrected chi connectivity index (χ3v) is 8.34. The van der Waals surface area contributed by atoms with Gasteiger partial charge in [0.1, 0.15) is 11.5 Å². The van der Waals surface area contributed by atoms with Gasteiger partial charge < -0.3 is 9.47 Å². The van der Waals surface area contributed by atoms with E-state index in [1.54, 1.807) is 24.3 Å². The number of allylic oxidation sites excluding steroid dienone is 3. The molecule has 0 saturated carbocycles. The molecule has 1 aromatic carbocycles. The van der Waals surface area contributed by atoms with E-state index in [0.717, 1.165) is 19.3 Å². The van der Waals surface area contributed by atoms with Crippen LogP contribution in [0.1, 0.15) is 93.4 Å². The van der Waals surface area contributed by atoms with Crippen molar-refractivity contribution in [2.45, 2.75) is 93.4 Å². The molecule has 0 aliphatic heterocycles. The molecule has 0 aliphatic carbocycles. The monoisotopic (exact) mass is 564 g/mol. The summed E-state index contributed by atoms with van der Waals surface area (Å²) < 4.78 is 9.97. The fourth-order valence-electron chi connectivity index (χ4n) is 3.55. The van der Waals surface area contributed by atoms with E-state index in [4.69, 9.17) is 4.74 Å². The minimum Gasteiger partial charge on any atom is -0.429 e. The maximum Gasteiger partial charge on any atom is 0.311 e. The molecule has 38 heavy (non-hydrogen) atoms. The van der Waals surface area contributed by atoms with Crippen LogP contribution < -0.4 is 4.74 Å². The van der Waals surface area contributed by atoms with Crippen molar-refractivity contribution in [2.75, 3.05) is 23.0 Å². The molecule has 0 aliphatic rings. The number of carbonyl (C=O) groups excluding carboxylic acids is 2. The largest absolute Gasteiger partial charge is 0.429 e. The number of rotatable bonds is 19. The third kappa shape index (κ3) is 21.3. The van der Waals surface area contributed by atoms with Crippen LogP contribution in [0.5, 0.6) is 5.75 Å². The zero-order valence-corrected chi connectivity index (χ0v) is 26.6. The predicted octanol–water partition coefficient (Wildman–Crippen LogP) is 9.50. The van der Waals surface area contributed by atoms with Gasteiger partial charge in [-0.15, -0.1) is 0 Å². The second-order valence-electron chi connectivity index (χ2n) is 10.8. The van der Waals surface area contributed by atoms with Gasteiger partial charge in [-0.2, -0.15) is 23.5 Å². The molecule has 0 saturated heterocycles. The number of hydrogen-bond donors (Lipinski definition) is 0. The summed E-state index contributed by atoms with van der Waals surface area (Å²) in [5, 5.41) is 0. The second kappa shape index (κ2) is 22.2. The van der Waals surface area contributed by atoms with Crippen LogP contribution in [0.4, 0.5) is 0 Å². The Labute approximate surface area is 241 Å². The molecule has 0 radical (unpaired) electrons. The lowest BCUT2D eigenvalue weighted by Gasteiger charge is -2.24. The predicted molar refractivity (Wildman–Crippen MR) is 168 cm³/mol. The number of hydrogen-bond acceptors (Lipinski definition) is 6. The van der Waals surface area contributed by atoms with Crippen molar-refractivity contribution in [3.8, 4) is 5.75 Å². The summed E-state index contributed by atoms with van der Waals surface area (Å²) >= 11 is 4.15. The van der Waals surface area contributed by atoms with Crippen LogP contribution in [0.25, 0.3) is 0 Å². The molecule has 0 aromatic heterocycles. The molecule has 0 atom stereocenters. The summed E-state index contributed by atoms with van der Waals surface area (Å²) in [6, 6.07) is 8.90. The topological polar surface area (TPSA) is 52.6 Å². The molecule has 0 fully saturated rings. The highest BCUT2D eigenvalue weighted by Gasteiger charge is 2.20. The molecule has 1 aromatic rings. The van der Waals surface area contributed by atoms with Crippen molar-refractivity contribution in [1.82, 2.24) is 0 Å². The maximum atomic E-state index is 12.1. The molecule has 0 bridgehead atoms. The first-order valence-electron chi connectivity index (χ1n) is 13.9. The van der Waals surface area contributed by atoms with Crippen LogP contribution in [0.3, 0.4) is 0 Å². The lowest BCUT2D eigenvalue weighted by atomic mass is 9.85. The molecule has 6 heteroatoms. The fraction of sp³-hybridized carbons (Fsp3) is 0.625. The molecule has 0 unspecified atom stereocenters. The first-order valence-corrected chi connectivity index (χ1v) is 16.2. The molecular formula is C32H52O4S2. The van der Waals surface area contributed by atoms with E-state index in [0.29, 0.717) is 29.8 Å². The average molecular weight is 565 g/mol. The zero-order valence-electron chi connectivity index (χ0n) is 24.9. The highest BCUT2D eigenvalue weighted by molar-refractivity contribution is 8.02. The molecule has 0 spiro atoms. The number of carbonyl (C=O) groups is 2. The van der Waals surface area contributed by atoms with Gasteiger partial charge in [0.2, 0.25) is 0 Å². The van der Waals surface area contributed by atoms with Crippen LogP contribution >= 0.6 is 23.5 Å². The first kappa shape index (κ1) is 36.3. The van der Waals surface area contributed by atoms with Crippen molar-refractivity contribution >= 4 is 36.0 Å². The smallest absolute Gasteiger partial charge is 0.311 e. The van der Waals surface area contributed by atoms with Crippen molar-refractivity contribution in [3.05, 3.63) is 54.3 Å². The normalized spacial score (nSPS) is 12.1. The molecule has 4 nitrogen and oxygen atoms in total. The molecule has 0 N–H and O–H groups in total.